The first kappa shape index (κ1) is 12.5. The summed E-state index contributed by atoms with van der Waals surface area (Å²) in [5, 5.41) is 10.0. The van der Waals surface area contributed by atoms with E-state index in [0.29, 0.717) is 5.92 Å². The van der Waals surface area contributed by atoms with Gasteiger partial charge in [0.25, 0.3) is 0 Å². The topological polar surface area (TPSA) is 20.2 Å². The lowest BCUT2D eigenvalue weighted by Gasteiger charge is -2.27. The zero-order chi connectivity index (χ0) is 11.3. The number of hydrogen-bond donors (Lipinski definition) is 1. The molecule has 0 saturated heterocycles. The van der Waals surface area contributed by atoms with Crippen LogP contribution in [0.4, 0.5) is 0 Å². The number of allylic oxidation sites excluding steroid dienone is 3. The summed E-state index contributed by atoms with van der Waals surface area (Å²) in [5.41, 5.74) is -0.594. The molecule has 0 bridgehead atoms. The highest BCUT2D eigenvalue weighted by Crippen LogP contribution is 2.25. The van der Waals surface area contributed by atoms with Crippen molar-refractivity contribution in [3.63, 3.8) is 0 Å². The monoisotopic (exact) mass is 208 g/mol. The molecule has 0 fully saturated rings. The molecule has 0 aromatic heterocycles. The van der Waals surface area contributed by atoms with Crippen molar-refractivity contribution >= 4 is 0 Å². The number of hydrogen-bond acceptors (Lipinski definition) is 1. The van der Waals surface area contributed by atoms with Crippen LogP contribution in [0, 0.1) is 11.8 Å². The average molecular weight is 208 g/mol. The molecule has 1 rings (SSSR count). The van der Waals surface area contributed by atoms with Crippen molar-refractivity contribution in [3.8, 4) is 0 Å². The van der Waals surface area contributed by atoms with Crippen molar-refractivity contribution in [2.75, 3.05) is 0 Å². The van der Waals surface area contributed by atoms with Gasteiger partial charge in [0, 0.05) is 5.92 Å². The third-order valence-electron chi connectivity index (χ3n) is 3.18. The highest BCUT2D eigenvalue weighted by molar-refractivity contribution is 5.00. The predicted octanol–water partition coefficient (Wildman–Crippen LogP) is 3.70. The van der Waals surface area contributed by atoms with Gasteiger partial charge in [-0.15, -0.1) is 0 Å². The van der Waals surface area contributed by atoms with E-state index in [1.54, 1.807) is 0 Å². The van der Waals surface area contributed by atoms with Crippen molar-refractivity contribution in [3.05, 3.63) is 24.3 Å². The Morgan fingerprint density at radius 2 is 1.67 bits per heavy atom. The molecule has 0 spiro atoms. The normalized spacial score (nSPS) is 33.3. The fourth-order valence-electron chi connectivity index (χ4n) is 1.98. The maximum Gasteiger partial charge on any atom is 0.0654 e. The molecule has 15 heavy (non-hydrogen) atoms. The minimum atomic E-state index is -0.594. The Bertz CT molecular complexity index is 232. The fraction of sp³-hybridized carbons (Fsp3) is 0.714. The maximum atomic E-state index is 10.0. The largest absolute Gasteiger partial charge is 0.390 e. The van der Waals surface area contributed by atoms with Gasteiger partial charge in [0.1, 0.15) is 0 Å². The van der Waals surface area contributed by atoms with Crippen LogP contribution in [0.2, 0.25) is 0 Å². The lowest BCUT2D eigenvalue weighted by Crippen LogP contribution is -2.29. The van der Waals surface area contributed by atoms with Crippen molar-refractivity contribution in [2.45, 2.75) is 52.1 Å². The summed E-state index contributed by atoms with van der Waals surface area (Å²) in [6, 6.07) is 0. The van der Waals surface area contributed by atoms with E-state index in [1.165, 1.54) is 12.8 Å². The lowest BCUT2D eigenvalue weighted by molar-refractivity contribution is 0.0338. The zero-order valence-electron chi connectivity index (χ0n) is 10.2. The molecule has 0 saturated carbocycles. The summed E-state index contributed by atoms with van der Waals surface area (Å²) in [5.74, 6) is 0.903. The first-order chi connectivity index (χ1) is 7.00. The smallest absolute Gasteiger partial charge is 0.0654 e. The first-order valence-corrected chi connectivity index (χ1v) is 6.06. The molecule has 1 aliphatic rings. The molecule has 1 N–H and O–H groups in total. The highest BCUT2D eigenvalue weighted by atomic mass is 16.3. The van der Waals surface area contributed by atoms with Crippen LogP contribution in [0.3, 0.4) is 0 Å². The molecule has 0 aromatic rings. The Labute approximate surface area is 93.9 Å². The predicted molar refractivity (Wildman–Crippen MR) is 65.7 cm³/mol. The van der Waals surface area contributed by atoms with Crippen molar-refractivity contribution < 1.29 is 5.11 Å². The van der Waals surface area contributed by atoms with Crippen LogP contribution in [0.5, 0.6) is 0 Å². The van der Waals surface area contributed by atoms with Crippen LogP contribution in [0.1, 0.15) is 46.5 Å². The van der Waals surface area contributed by atoms with Gasteiger partial charge in [-0.05, 0) is 45.4 Å². The Morgan fingerprint density at radius 1 is 1.07 bits per heavy atom. The van der Waals surface area contributed by atoms with Gasteiger partial charge in [-0.3, -0.25) is 0 Å². The molecule has 0 heterocycles. The van der Waals surface area contributed by atoms with E-state index in [-0.39, 0.29) is 5.92 Å². The molecular weight excluding hydrogens is 184 g/mol. The van der Waals surface area contributed by atoms with Crippen LogP contribution in [0.25, 0.3) is 0 Å². The second kappa shape index (κ2) is 5.50. The third-order valence-corrected chi connectivity index (χ3v) is 3.18. The zero-order valence-corrected chi connectivity index (χ0v) is 10.2. The van der Waals surface area contributed by atoms with Gasteiger partial charge in [-0.25, -0.2) is 0 Å². The van der Waals surface area contributed by atoms with E-state index < -0.39 is 5.60 Å². The van der Waals surface area contributed by atoms with Crippen LogP contribution in [-0.4, -0.2) is 10.7 Å². The molecule has 0 aliphatic heterocycles. The van der Waals surface area contributed by atoms with Crippen LogP contribution < -0.4 is 0 Å². The molecule has 1 nitrogen and oxygen atoms in total. The minimum absolute atomic E-state index is 0.280. The van der Waals surface area contributed by atoms with Gasteiger partial charge in [0.15, 0.2) is 0 Å². The first-order valence-electron chi connectivity index (χ1n) is 6.06. The molecular formula is C14H24O. The summed E-state index contributed by atoms with van der Waals surface area (Å²) in [6.07, 6.45) is 13.5. The highest BCUT2D eigenvalue weighted by Gasteiger charge is 2.23. The Balaban J connectivity index is 2.68. The summed E-state index contributed by atoms with van der Waals surface area (Å²) in [4.78, 5) is 0. The van der Waals surface area contributed by atoms with Gasteiger partial charge in [-0.2, -0.15) is 0 Å². The number of rotatable bonds is 1. The van der Waals surface area contributed by atoms with Gasteiger partial charge < -0.3 is 5.11 Å². The average Bonchev–Trinajstić information content (AvgIpc) is 2.14. The SMILES string of the molecule is C[C@@H]1/C=C/[C@H](C(C)(C)O)CC/C=C/CC1. The molecule has 0 aromatic carbocycles. The van der Waals surface area contributed by atoms with Gasteiger partial charge in [0.05, 0.1) is 5.60 Å². The van der Waals surface area contributed by atoms with E-state index in [4.69, 9.17) is 0 Å². The molecule has 2 atom stereocenters. The van der Waals surface area contributed by atoms with Crippen LogP contribution in [-0.2, 0) is 0 Å². The van der Waals surface area contributed by atoms with Crippen LogP contribution >= 0.6 is 0 Å². The fourth-order valence-corrected chi connectivity index (χ4v) is 1.98. The number of aliphatic hydroxyl groups is 1. The second-order valence-electron chi connectivity index (χ2n) is 5.25. The van der Waals surface area contributed by atoms with Crippen molar-refractivity contribution in [1.82, 2.24) is 0 Å². The molecule has 86 valence electrons. The second-order valence-corrected chi connectivity index (χ2v) is 5.25. The molecule has 0 unspecified atom stereocenters. The molecule has 0 radical (unpaired) electrons. The van der Waals surface area contributed by atoms with Crippen molar-refractivity contribution in [1.29, 1.82) is 0 Å². The summed E-state index contributed by atoms with van der Waals surface area (Å²) >= 11 is 0. The summed E-state index contributed by atoms with van der Waals surface area (Å²) in [7, 11) is 0. The van der Waals surface area contributed by atoms with Crippen LogP contribution in [0.15, 0.2) is 24.3 Å². The van der Waals surface area contributed by atoms with Gasteiger partial charge in [0.2, 0.25) is 0 Å². The van der Waals surface area contributed by atoms with E-state index in [2.05, 4.69) is 31.2 Å². The van der Waals surface area contributed by atoms with Crippen molar-refractivity contribution in [2.24, 2.45) is 11.8 Å². The molecule has 1 heteroatoms. The standard InChI is InChI=1S/C14H24O/c1-12-8-6-4-5-7-9-13(11-10-12)14(2,3)15/h4-5,10-13,15H,6-9H2,1-3H3/b5-4+,11-10+/t12-,13+/m0/s1. The minimum Gasteiger partial charge on any atom is -0.390 e. The Hall–Kier alpha value is -0.560. The summed E-state index contributed by atoms with van der Waals surface area (Å²) in [6.45, 7) is 6.05. The lowest BCUT2D eigenvalue weighted by atomic mass is 9.85. The van der Waals surface area contributed by atoms with Gasteiger partial charge >= 0.3 is 0 Å². The summed E-state index contributed by atoms with van der Waals surface area (Å²) < 4.78 is 0. The Kier molecular flexibility index (Phi) is 4.59. The van der Waals surface area contributed by atoms with E-state index >= 15 is 0 Å². The quantitative estimate of drug-likeness (QED) is 0.651. The Morgan fingerprint density at radius 3 is 2.27 bits per heavy atom. The molecule has 0 amide bonds. The van der Waals surface area contributed by atoms with E-state index in [9.17, 15) is 5.11 Å². The van der Waals surface area contributed by atoms with Gasteiger partial charge in [-0.1, -0.05) is 31.2 Å². The third kappa shape index (κ3) is 4.65. The maximum absolute atomic E-state index is 10.0. The van der Waals surface area contributed by atoms with E-state index in [0.717, 1.165) is 12.8 Å². The van der Waals surface area contributed by atoms with E-state index in [1.807, 2.05) is 13.8 Å². The molecule has 1 aliphatic carbocycles.